The molecule has 0 atom stereocenters. The van der Waals surface area contributed by atoms with Crippen molar-refractivity contribution in [2.45, 2.75) is 13.8 Å². The highest BCUT2D eigenvalue weighted by atomic mass is 19.1. The van der Waals surface area contributed by atoms with Crippen LogP contribution in [0.1, 0.15) is 17.0 Å². The zero-order valence-corrected chi connectivity index (χ0v) is 18.1. The summed E-state index contributed by atoms with van der Waals surface area (Å²) >= 11 is 0. The van der Waals surface area contributed by atoms with Crippen molar-refractivity contribution in [3.05, 3.63) is 99.9 Å². The van der Waals surface area contributed by atoms with Gasteiger partial charge in [-0.25, -0.2) is 14.8 Å². The molecule has 0 saturated carbocycles. The van der Waals surface area contributed by atoms with Gasteiger partial charge in [0, 0.05) is 5.56 Å². The van der Waals surface area contributed by atoms with E-state index < -0.39 is 11.7 Å². The van der Waals surface area contributed by atoms with E-state index in [1.165, 1.54) is 18.3 Å². The maximum absolute atomic E-state index is 13.6. The second-order valence-electron chi connectivity index (χ2n) is 7.34. The summed E-state index contributed by atoms with van der Waals surface area (Å²) in [6.45, 7) is 3.32. The van der Waals surface area contributed by atoms with E-state index in [1.54, 1.807) is 41.8 Å². The molecule has 7 nitrogen and oxygen atoms in total. The first-order chi connectivity index (χ1) is 16.0. The third-order valence-corrected chi connectivity index (χ3v) is 5.04. The molecule has 0 fully saturated rings. The monoisotopic (exact) mass is 444 g/mol. The first kappa shape index (κ1) is 21.9. The van der Waals surface area contributed by atoms with Crippen molar-refractivity contribution in [2.24, 2.45) is 5.10 Å². The van der Waals surface area contributed by atoms with Crippen LogP contribution in [-0.2, 0) is 4.79 Å². The maximum Gasteiger partial charge on any atom is 0.277 e. The lowest BCUT2D eigenvalue weighted by molar-refractivity contribution is -0.123. The average Bonchev–Trinajstić information content (AvgIpc) is 2.80. The molecular weight excluding hydrogens is 423 g/mol. The number of aryl methyl sites for hydroxylation is 2. The number of hydrogen-bond donors (Lipinski definition) is 1. The van der Waals surface area contributed by atoms with Gasteiger partial charge in [0.15, 0.2) is 6.61 Å². The van der Waals surface area contributed by atoms with Crippen molar-refractivity contribution >= 4 is 23.0 Å². The molecule has 0 spiro atoms. The van der Waals surface area contributed by atoms with Crippen LogP contribution in [0.4, 0.5) is 4.39 Å². The quantitative estimate of drug-likeness (QED) is 0.363. The molecule has 33 heavy (non-hydrogen) atoms. The van der Waals surface area contributed by atoms with Crippen molar-refractivity contribution in [1.29, 1.82) is 0 Å². The number of nitrogens with one attached hydrogen (secondary N) is 1. The van der Waals surface area contributed by atoms with Crippen LogP contribution >= 0.6 is 0 Å². The fourth-order valence-electron chi connectivity index (χ4n) is 3.43. The van der Waals surface area contributed by atoms with Crippen LogP contribution in [0.3, 0.4) is 0 Å². The molecule has 1 amide bonds. The van der Waals surface area contributed by atoms with Crippen molar-refractivity contribution in [2.75, 3.05) is 6.61 Å². The standard InChI is InChI=1S/C25H21FN4O3/c1-16-8-3-6-12-21(16)30-17(2)28-24-19(25(30)32)10-7-13-22(24)33-15-23(31)29-27-14-18-9-4-5-11-20(18)26/h3-14H,15H2,1-2H3,(H,29,31)/b27-14-. The zero-order valence-electron chi connectivity index (χ0n) is 18.1. The molecule has 1 N–H and O–H groups in total. The molecular formula is C25H21FN4O3. The summed E-state index contributed by atoms with van der Waals surface area (Å²) in [5, 5.41) is 4.12. The van der Waals surface area contributed by atoms with E-state index in [0.717, 1.165) is 11.3 Å². The number of carbonyl (C=O) groups excluding carboxylic acids is 1. The largest absolute Gasteiger partial charge is 0.481 e. The minimum absolute atomic E-state index is 0.226. The number of para-hydroxylation sites is 2. The predicted molar refractivity (Wildman–Crippen MR) is 124 cm³/mol. The number of rotatable bonds is 6. The van der Waals surface area contributed by atoms with Crippen LogP contribution in [0.25, 0.3) is 16.6 Å². The smallest absolute Gasteiger partial charge is 0.277 e. The zero-order chi connectivity index (χ0) is 23.4. The van der Waals surface area contributed by atoms with E-state index in [2.05, 4.69) is 15.5 Å². The Kier molecular flexibility index (Phi) is 6.26. The Morgan fingerprint density at radius 2 is 1.85 bits per heavy atom. The van der Waals surface area contributed by atoms with Gasteiger partial charge in [-0.05, 0) is 43.7 Å². The highest BCUT2D eigenvalue weighted by Crippen LogP contribution is 2.23. The lowest BCUT2D eigenvalue weighted by Gasteiger charge is -2.14. The molecule has 3 aromatic carbocycles. The third-order valence-electron chi connectivity index (χ3n) is 5.04. The summed E-state index contributed by atoms with van der Waals surface area (Å²) in [5.41, 5.74) is 4.38. The summed E-state index contributed by atoms with van der Waals surface area (Å²) in [6.07, 6.45) is 1.21. The number of hydrazone groups is 1. The fraction of sp³-hybridized carbons (Fsp3) is 0.120. The van der Waals surface area contributed by atoms with Gasteiger partial charge in [0.2, 0.25) is 0 Å². The minimum Gasteiger partial charge on any atom is -0.481 e. The average molecular weight is 444 g/mol. The Bertz CT molecular complexity index is 1430. The van der Waals surface area contributed by atoms with E-state index in [4.69, 9.17) is 4.74 Å². The van der Waals surface area contributed by atoms with Crippen LogP contribution < -0.4 is 15.7 Å². The van der Waals surface area contributed by atoms with Gasteiger partial charge in [0.25, 0.3) is 11.5 Å². The molecule has 4 rings (SSSR count). The molecule has 8 heteroatoms. The van der Waals surface area contributed by atoms with E-state index in [1.807, 2.05) is 31.2 Å². The van der Waals surface area contributed by atoms with Crippen molar-refractivity contribution in [1.82, 2.24) is 15.0 Å². The molecule has 1 heterocycles. The van der Waals surface area contributed by atoms with E-state index in [-0.39, 0.29) is 17.7 Å². The molecule has 166 valence electrons. The van der Waals surface area contributed by atoms with Crippen LogP contribution in [0, 0.1) is 19.7 Å². The van der Waals surface area contributed by atoms with Crippen LogP contribution in [0.15, 0.2) is 76.6 Å². The number of ether oxygens (including phenoxy) is 1. The SMILES string of the molecule is Cc1ccccc1-n1c(C)nc2c(OCC(=O)N/N=C\c3ccccc3F)cccc2c1=O. The summed E-state index contributed by atoms with van der Waals surface area (Å²) < 4.78 is 20.8. The fourth-order valence-corrected chi connectivity index (χ4v) is 3.43. The van der Waals surface area contributed by atoms with Gasteiger partial charge in [-0.2, -0.15) is 5.10 Å². The van der Waals surface area contributed by atoms with E-state index >= 15 is 0 Å². The van der Waals surface area contributed by atoms with Gasteiger partial charge in [-0.3, -0.25) is 14.2 Å². The van der Waals surface area contributed by atoms with Crippen LogP contribution in [0.5, 0.6) is 5.75 Å². The number of nitrogens with zero attached hydrogens (tertiary/aromatic N) is 3. The summed E-state index contributed by atoms with van der Waals surface area (Å²) in [4.78, 5) is 29.9. The second-order valence-corrected chi connectivity index (χ2v) is 7.34. The van der Waals surface area contributed by atoms with Crippen LogP contribution in [0.2, 0.25) is 0 Å². The number of benzene rings is 3. The van der Waals surface area contributed by atoms with Gasteiger partial charge < -0.3 is 4.74 Å². The van der Waals surface area contributed by atoms with E-state index in [0.29, 0.717) is 22.5 Å². The van der Waals surface area contributed by atoms with Gasteiger partial charge >= 0.3 is 0 Å². The third kappa shape index (κ3) is 4.64. The molecule has 0 saturated heterocycles. The molecule has 4 aromatic rings. The molecule has 0 bridgehead atoms. The highest BCUT2D eigenvalue weighted by Gasteiger charge is 2.15. The van der Waals surface area contributed by atoms with Crippen molar-refractivity contribution < 1.29 is 13.9 Å². The number of aromatic nitrogens is 2. The summed E-state index contributed by atoms with van der Waals surface area (Å²) in [6, 6.07) is 18.6. The molecule has 1 aromatic heterocycles. The number of fused-ring (bicyclic) bond motifs is 1. The molecule has 0 unspecified atom stereocenters. The Balaban J connectivity index is 1.54. The number of amides is 1. The van der Waals surface area contributed by atoms with Gasteiger partial charge in [-0.15, -0.1) is 0 Å². The van der Waals surface area contributed by atoms with Crippen LogP contribution in [-0.4, -0.2) is 28.3 Å². The molecule has 0 aliphatic heterocycles. The summed E-state index contributed by atoms with van der Waals surface area (Å²) in [5.74, 6) is -0.181. The Morgan fingerprint density at radius 1 is 1.09 bits per heavy atom. The number of halogens is 1. The Hall–Kier alpha value is -4.33. The van der Waals surface area contributed by atoms with Crippen molar-refractivity contribution in [3.63, 3.8) is 0 Å². The maximum atomic E-state index is 13.6. The summed E-state index contributed by atoms with van der Waals surface area (Å²) in [7, 11) is 0. The molecule has 0 aliphatic carbocycles. The highest BCUT2D eigenvalue weighted by molar-refractivity contribution is 5.85. The first-order valence-electron chi connectivity index (χ1n) is 10.2. The first-order valence-corrected chi connectivity index (χ1v) is 10.2. The number of hydrogen-bond acceptors (Lipinski definition) is 5. The Morgan fingerprint density at radius 3 is 2.64 bits per heavy atom. The number of carbonyl (C=O) groups is 1. The lowest BCUT2D eigenvalue weighted by Crippen LogP contribution is -2.25. The van der Waals surface area contributed by atoms with E-state index in [9.17, 15) is 14.0 Å². The van der Waals surface area contributed by atoms with Gasteiger partial charge in [0.1, 0.15) is 22.9 Å². The molecule has 0 radical (unpaired) electrons. The minimum atomic E-state index is -0.537. The Labute approximate surface area is 189 Å². The normalized spacial score (nSPS) is 11.1. The molecule has 0 aliphatic rings. The lowest BCUT2D eigenvalue weighted by atomic mass is 10.1. The van der Waals surface area contributed by atoms with Gasteiger partial charge in [-0.1, -0.05) is 42.5 Å². The second kappa shape index (κ2) is 9.44. The van der Waals surface area contributed by atoms with Gasteiger partial charge in [0.05, 0.1) is 17.3 Å². The predicted octanol–water partition coefficient (Wildman–Crippen LogP) is 3.67. The van der Waals surface area contributed by atoms with Crippen molar-refractivity contribution in [3.8, 4) is 11.4 Å². The topological polar surface area (TPSA) is 85.6 Å².